The molecule has 0 amide bonds. The summed E-state index contributed by atoms with van der Waals surface area (Å²) < 4.78 is 27.8. The molecule has 0 aliphatic carbocycles. The molecule has 0 bridgehead atoms. The molecule has 148 valence electrons. The molecule has 0 spiro atoms. The van der Waals surface area contributed by atoms with E-state index < -0.39 is 15.8 Å². The van der Waals surface area contributed by atoms with Crippen molar-refractivity contribution < 1.29 is 13.2 Å². The summed E-state index contributed by atoms with van der Waals surface area (Å²) >= 11 is 1.13. The second-order valence-corrected chi connectivity index (χ2v) is 10.1. The number of unbranched alkanes of at least 4 members (excludes halogenated alkanes) is 3. The van der Waals surface area contributed by atoms with Crippen LogP contribution in [0.25, 0.3) is 0 Å². The lowest BCUT2D eigenvalue weighted by Crippen LogP contribution is -2.23. The highest BCUT2D eigenvalue weighted by atomic mass is 32.2. The first-order valence-corrected chi connectivity index (χ1v) is 12.1. The molecule has 26 heavy (non-hydrogen) atoms. The van der Waals surface area contributed by atoms with E-state index in [-0.39, 0.29) is 17.0 Å². The molecule has 6 heteroatoms. The number of benzene rings is 1. The van der Waals surface area contributed by atoms with Crippen LogP contribution in [0, 0.1) is 0 Å². The smallest absolute Gasteiger partial charge is 0.240 e. The lowest BCUT2D eigenvalue weighted by atomic mass is 9.93. The number of thioether (sulfide) groups is 1. The van der Waals surface area contributed by atoms with Crippen LogP contribution >= 0.6 is 11.8 Å². The first-order valence-electron chi connectivity index (χ1n) is 9.46. The average Bonchev–Trinajstić information content (AvgIpc) is 2.53. The number of nitrogens with one attached hydrogen (secondary N) is 1. The van der Waals surface area contributed by atoms with Crippen molar-refractivity contribution in [3.63, 3.8) is 0 Å². The highest BCUT2D eigenvalue weighted by Gasteiger charge is 2.21. The van der Waals surface area contributed by atoms with E-state index in [9.17, 15) is 13.2 Å². The molecular weight excluding hydrogens is 366 g/mol. The Balaban J connectivity index is 2.82. The zero-order valence-electron chi connectivity index (χ0n) is 16.7. The van der Waals surface area contributed by atoms with Crippen LogP contribution in [0.1, 0.15) is 83.3 Å². The van der Waals surface area contributed by atoms with Crippen molar-refractivity contribution in [1.82, 2.24) is 0 Å². The standard InChI is InChI=1S/C20H33NO3S2/c1-6-7-8-9-13-25-19(22)14-26(23,24)21-20-17(15(2)3)11-10-12-18(20)16(4)5/h10-12,15-16,21H,6-9,13-14H2,1-5H3. The summed E-state index contributed by atoms with van der Waals surface area (Å²) in [7, 11) is -3.71. The van der Waals surface area contributed by atoms with Crippen LogP contribution in [-0.2, 0) is 14.8 Å². The van der Waals surface area contributed by atoms with E-state index in [4.69, 9.17) is 0 Å². The topological polar surface area (TPSA) is 63.2 Å². The average molecular weight is 400 g/mol. The summed E-state index contributed by atoms with van der Waals surface area (Å²) in [4.78, 5) is 12.1. The molecule has 0 unspecified atom stereocenters. The predicted molar refractivity (Wildman–Crippen MR) is 114 cm³/mol. The number of carbonyl (C=O) groups excluding carboxylic acids is 1. The number of para-hydroxylation sites is 1. The van der Waals surface area contributed by atoms with Gasteiger partial charge in [0.25, 0.3) is 0 Å². The summed E-state index contributed by atoms with van der Waals surface area (Å²) in [5.41, 5.74) is 2.55. The molecule has 0 fully saturated rings. The molecule has 0 saturated heterocycles. The van der Waals surface area contributed by atoms with Crippen LogP contribution < -0.4 is 4.72 Å². The van der Waals surface area contributed by atoms with E-state index in [0.29, 0.717) is 11.4 Å². The number of rotatable bonds is 11. The molecule has 1 aromatic rings. The summed E-state index contributed by atoms with van der Waals surface area (Å²) in [5, 5.41) is -0.290. The Bertz CT molecular complexity index is 656. The van der Waals surface area contributed by atoms with Gasteiger partial charge < -0.3 is 0 Å². The fraction of sp³-hybridized carbons (Fsp3) is 0.650. The lowest BCUT2D eigenvalue weighted by Gasteiger charge is -2.20. The van der Waals surface area contributed by atoms with Gasteiger partial charge in [0.05, 0.1) is 5.69 Å². The fourth-order valence-corrected chi connectivity index (χ4v) is 5.08. The van der Waals surface area contributed by atoms with Gasteiger partial charge in [0, 0.05) is 5.75 Å². The van der Waals surface area contributed by atoms with E-state index in [1.54, 1.807) is 0 Å². The third-order valence-electron chi connectivity index (χ3n) is 4.20. The van der Waals surface area contributed by atoms with Crippen molar-refractivity contribution in [1.29, 1.82) is 0 Å². The van der Waals surface area contributed by atoms with E-state index in [2.05, 4.69) is 11.6 Å². The van der Waals surface area contributed by atoms with Gasteiger partial charge in [0.1, 0.15) is 5.75 Å². The summed E-state index contributed by atoms with van der Waals surface area (Å²) in [6, 6.07) is 5.84. The Labute approximate surface area is 163 Å². The van der Waals surface area contributed by atoms with E-state index in [0.717, 1.165) is 48.6 Å². The number of anilines is 1. The van der Waals surface area contributed by atoms with Gasteiger partial charge in [-0.3, -0.25) is 9.52 Å². The molecule has 0 aliphatic heterocycles. The lowest BCUT2D eigenvalue weighted by molar-refractivity contribution is -0.108. The zero-order chi connectivity index (χ0) is 19.7. The minimum Gasteiger partial charge on any atom is -0.286 e. The first-order chi connectivity index (χ1) is 12.2. The van der Waals surface area contributed by atoms with Gasteiger partial charge in [-0.1, -0.05) is 83.8 Å². The maximum Gasteiger partial charge on any atom is 0.240 e. The summed E-state index contributed by atoms with van der Waals surface area (Å²) in [6.07, 6.45) is 4.33. The molecule has 0 atom stereocenters. The monoisotopic (exact) mass is 399 g/mol. The van der Waals surface area contributed by atoms with Crippen LogP contribution in [-0.4, -0.2) is 25.0 Å². The van der Waals surface area contributed by atoms with Gasteiger partial charge in [0.2, 0.25) is 15.1 Å². The predicted octanol–water partition coefficient (Wildman–Crippen LogP) is 5.52. The Kier molecular flexibility index (Phi) is 9.72. The second kappa shape index (κ2) is 11.0. The van der Waals surface area contributed by atoms with Gasteiger partial charge >= 0.3 is 0 Å². The van der Waals surface area contributed by atoms with Gasteiger partial charge in [-0.15, -0.1) is 0 Å². The third-order valence-corrected chi connectivity index (χ3v) is 6.50. The van der Waals surface area contributed by atoms with Crippen LogP contribution in [0.4, 0.5) is 5.69 Å². The molecule has 0 aromatic heterocycles. The van der Waals surface area contributed by atoms with E-state index >= 15 is 0 Å². The van der Waals surface area contributed by atoms with Crippen LogP contribution in [0.15, 0.2) is 18.2 Å². The SMILES string of the molecule is CCCCCCSC(=O)CS(=O)(=O)Nc1c(C(C)C)cccc1C(C)C. The van der Waals surface area contributed by atoms with Crippen LogP contribution in [0.5, 0.6) is 0 Å². The van der Waals surface area contributed by atoms with Crippen molar-refractivity contribution in [2.45, 2.75) is 72.1 Å². The number of carbonyl (C=O) groups is 1. The quantitative estimate of drug-likeness (QED) is 0.498. The van der Waals surface area contributed by atoms with Crippen LogP contribution in [0.2, 0.25) is 0 Å². The summed E-state index contributed by atoms with van der Waals surface area (Å²) in [6.45, 7) is 10.3. The molecule has 0 aliphatic rings. The minimum absolute atomic E-state index is 0.190. The van der Waals surface area contributed by atoms with Gasteiger partial charge in [0.15, 0.2) is 0 Å². The highest BCUT2D eigenvalue weighted by Crippen LogP contribution is 2.33. The highest BCUT2D eigenvalue weighted by molar-refractivity contribution is 8.15. The Morgan fingerprint density at radius 3 is 2.12 bits per heavy atom. The molecule has 1 N–H and O–H groups in total. The molecule has 0 radical (unpaired) electrons. The van der Waals surface area contributed by atoms with Crippen molar-refractivity contribution in [2.75, 3.05) is 16.2 Å². The zero-order valence-corrected chi connectivity index (χ0v) is 18.3. The van der Waals surface area contributed by atoms with Crippen LogP contribution in [0.3, 0.4) is 0 Å². The molecule has 4 nitrogen and oxygen atoms in total. The van der Waals surface area contributed by atoms with Crippen molar-refractivity contribution in [2.24, 2.45) is 0 Å². The van der Waals surface area contributed by atoms with Crippen molar-refractivity contribution >= 4 is 32.6 Å². The Hall–Kier alpha value is -1.01. The molecule has 1 aromatic carbocycles. The summed E-state index contributed by atoms with van der Waals surface area (Å²) in [5.74, 6) is 0.592. The number of sulfonamides is 1. The van der Waals surface area contributed by atoms with Gasteiger partial charge in [-0.25, -0.2) is 8.42 Å². The molecule has 0 heterocycles. The van der Waals surface area contributed by atoms with E-state index in [1.165, 1.54) is 0 Å². The maximum absolute atomic E-state index is 12.5. The van der Waals surface area contributed by atoms with Gasteiger partial charge in [-0.2, -0.15) is 0 Å². The second-order valence-electron chi connectivity index (χ2n) is 7.26. The van der Waals surface area contributed by atoms with E-state index in [1.807, 2.05) is 45.9 Å². The largest absolute Gasteiger partial charge is 0.286 e. The number of hydrogen-bond donors (Lipinski definition) is 1. The molecule has 1 rings (SSSR count). The Morgan fingerprint density at radius 1 is 1.04 bits per heavy atom. The van der Waals surface area contributed by atoms with Gasteiger partial charge in [-0.05, 0) is 29.4 Å². The molecular formula is C20H33NO3S2. The van der Waals surface area contributed by atoms with Crippen molar-refractivity contribution in [3.05, 3.63) is 29.3 Å². The maximum atomic E-state index is 12.5. The van der Waals surface area contributed by atoms with Crippen molar-refractivity contribution in [3.8, 4) is 0 Å². The number of hydrogen-bond acceptors (Lipinski definition) is 4. The molecule has 0 saturated carbocycles. The fourth-order valence-electron chi connectivity index (χ4n) is 2.77. The third kappa shape index (κ3) is 7.70. The first kappa shape index (κ1) is 23.0. The normalized spacial score (nSPS) is 12.0. The Morgan fingerprint density at radius 2 is 1.62 bits per heavy atom. The minimum atomic E-state index is -3.71.